The summed E-state index contributed by atoms with van der Waals surface area (Å²) >= 11 is 3.22. The van der Waals surface area contributed by atoms with Gasteiger partial charge in [0.25, 0.3) is 0 Å². The highest BCUT2D eigenvalue weighted by Crippen LogP contribution is 2.29. The van der Waals surface area contributed by atoms with Gasteiger partial charge in [-0.2, -0.15) is 5.26 Å². The van der Waals surface area contributed by atoms with Gasteiger partial charge in [0.1, 0.15) is 4.60 Å². The number of fused-ring (bicyclic) bond motifs is 1. The van der Waals surface area contributed by atoms with Crippen molar-refractivity contribution in [3.63, 3.8) is 0 Å². The predicted octanol–water partition coefficient (Wildman–Crippen LogP) is 2.53. The van der Waals surface area contributed by atoms with Crippen molar-refractivity contribution < 1.29 is 8.42 Å². The van der Waals surface area contributed by atoms with E-state index in [2.05, 4.69) is 20.9 Å². The second kappa shape index (κ2) is 4.79. The summed E-state index contributed by atoms with van der Waals surface area (Å²) in [5.41, 5.74) is 1.91. The zero-order valence-electron chi connectivity index (χ0n) is 10.3. The lowest BCUT2D eigenvalue weighted by Gasteiger charge is -2.01. The molecule has 19 heavy (non-hydrogen) atoms. The molecule has 0 spiro atoms. The van der Waals surface area contributed by atoms with Gasteiger partial charge in [-0.3, -0.25) is 0 Å². The molecule has 5 nitrogen and oxygen atoms in total. The van der Waals surface area contributed by atoms with E-state index >= 15 is 0 Å². The molecular formula is C12H10BrN3O2S. The molecule has 7 heteroatoms. The average molecular weight is 340 g/mol. The summed E-state index contributed by atoms with van der Waals surface area (Å²) in [6.45, 7) is 1.76. The first-order chi connectivity index (χ1) is 8.84. The minimum absolute atomic E-state index is 0.532. The number of aromatic nitrogens is 2. The summed E-state index contributed by atoms with van der Waals surface area (Å²) in [4.78, 5) is 4.10. The standard InChI is InChI=1S/C12H10BrN3O2S/c1-8(3-4-14)10-7-16(19(2,17)18)11-5-12(13)15-6-9(10)11/h3,5-7H,1-2H3. The molecule has 0 radical (unpaired) electrons. The van der Waals surface area contributed by atoms with E-state index in [1.807, 2.05) is 6.07 Å². The van der Waals surface area contributed by atoms with Crippen molar-refractivity contribution >= 4 is 42.4 Å². The van der Waals surface area contributed by atoms with Crippen LogP contribution in [-0.4, -0.2) is 23.6 Å². The highest BCUT2D eigenvalue weighted by atomic mass is 79.9. The third kappa shape index (κ3) is 2.55. The van der Waals surface area contributed by atoms with Crippen molar-refractivity contribution in [2.24, 2.45) is 0 Å². The Morgan fingerprint density at radius 3 is 2.84 bits per heavy atom. The number of halogens is 1. The molecule has 0 aromatic carbocycles. The highest BCUT2D eigenvalue weighted by Gasteiger charge is 2.16. The largest absolute Gasteiger partial charge is 0.249 e. The van der Waals surface area contributed by atoms with E-state index in [-0.39, 0.29) is 0 Å². The number of pyridine rings is 1. The first-order valence-electron chi connectivity index (χ1n) is 5.28. The minimum Gasteiger partial charge on any atom is -0.249 e. The fourth-order valence-corrected chi connectivity index (χ4v) is 2.95. The maximum absolute atomic E-state index is 11.8. The lowest BCUT2D eigenvalue weighted by Crippen LogP contribution is -2.08. The topological polar surface area (TPSA) is 75.8 Å². The average Bonchev–Trinajstić information content (AvgIpc) is 2.67. The van der Waals surface area contributed by atoms with Crippen LogP contribution in [0.25, 0.3) is 16.5 Å². The quantitative estimate of drug-likeness (QED) is 0.622. The summed E-state index contributed by atoms with van der Waals surface area (Å²) in [6, 6.07) is 3.58. The van der Waals surface area contributed by atoms with Gasteiger partial charge in [-0.1, -0.05) is 0 Å². The predicted molar refractivity (Wildman–Crippen MR) is 76.9 cm³/mol. The van der Waals surface area contributed by atoms with Crippen molar-refractivity contribution in [3.8, 4) is 6.07 Å². The number of hydrogen-bond donors (Lipinski definition) is 0. The molecule has 0 bridgehead atoms. The van der Waals surface area contributed by atoms with Gasteiger partial charge >= 0.3 is 0 Å². The molecule has 0 aliphatic rings. The maximum atomic E-state index is 11.8. The first-order valence-corrected chi connectivity index (χ1v) is 7.92. The molecule has 2 rings (SSSR count). The zero-order valence-corrected chi connectivity index (χ0v) is 12.7. The van der Waals surface area contributed by atoms with E-state index < -0.39 is 10.0 Å². The molecule has 2 aromatic heterocycles. The van der Waals surface area contributed by atoms with Gasteiger partial charge < -0.3 is 0 Å². The van der Waals surface area contributed by atoms with Gasteiger partial charge in [-0.25, -0.2) is 17.4 Å². The van der Waals surface area contributed by atoms with E-state index in [9.17, 15) is 8.42 Å². The van der Waals surface area contributed by atoms with Gasteiger partial charge in [0.2, 0.25) is 10.0 Å². The van der Waals surface area contributed by atoms with E-state index in [0.29, 0.717) is 26.6 Å². The van der Waals surface area contributed by atoms with Crippen LogP contribution in [0, 0.1) is 11.3 Å². The zero-order chi connectivity index (χ0) is 14.2. The Hall–Kier alpha value is -1.65. The van der Waals surface area contributed by atoms with E-state index in [4.69, 9.17) is 5.26 Å². The van der Waals surface area contributed by atoms with Crippen LogP contribution < -0.4 is 0 Å². The summed E-state index contributed by atoms with van der Waals surface area (Å²) in [5.74, 6) is 0. The van der Waals surface area contributed by atoms with Crippen LogP contribution in [-0.2, 0) is 10.0 Å². The van der Waals surface area contributed by atoms with Gasteiger partial charge in [-0.05, 0) is 34.5 Å². The van der Waals surface area contributed by atoms with Crippen molar-refractivity contribution in [1.29, 1.82) is 5.26 Å². The van der Waals surface area contributed by atoms with Crippen molar-refractivity contribution in [3.05, 3.63) is 34.7 Å². The molecule has 0 aliphatic carbocycles. The molecule has 2 aromatic rings. The Kier molecular flexibility index (Phi) is 3.47. The maximum Gasteiger partial charge on any atom is 0.236 e. The molecule has 0 amide bonds. The summed E-state index contributed by atoms with van der Waals surface area (Å²) < 4.78 is 25.3. The molecular weight excluding hydrogens is 330 g/mol. The van der Waals surface area contributed by atoms with Crippen LogP contribution in [0.4, 0.5) is 0 Å². The van der Waals surface area contributed by atoms with Gasteiger partial charge in [-0.15, -0.1) is 0 Å². The third-order valence-electron chi connectivity index (χ3n) is 2.69. The lowest BCUT2D eigenvalue weighted by atomic mass is 10.1. The van der Waals surface area contributed by atoms with E-state index in [1.165, 1.54) is 16.2 Å². The molecule has 2 heterocycles. The van der Waals surface area contributed by atoms with Crippen LogP contribution in [0.5, 0.6) is 0 Å². The monoisotopic (exact) mass is 339 g/mol. The highest BCUT2D eigenvalue weighted by molar-refractivity contribution is 9.10. The number of allylic oxidation sites excluding steroid dienone is 2. The molecule has 0 aliphatic heterocycles. The van der Waals surface area contributed by atoms with Crippen molar-refractivity contribution in [2.45, 2.75) is 6.92 Å². The van der Waals surface area contributed by atoms with Crippen molar-refractivity contribution in [1.82, 2.24) is 8.96 Å². The van der Waals surface area contributed by atoms with Crippen LogP contribution in [0.1, 0.15) is 12.5 Å². The molecule has 98 valence electrons. The fourth-order valence-electron chi connectivity index (χ4n) is 1.83. The molecule has 0 N–H and O–H groups in total. The summed E-state index contributed by atoms with van der Waals surface area (Å²) in [5, 5.41) is 9.40. The number of rotatable bonds is 2. The number of hydrogen-bond acceptors (Lipinski definition) is 4. The Labute approximate surface area is 119 Å². The van der Waals surface area contributed by atoms with Crippen LogP contribution >= 0.6 is 15.9 Å². The van der Waals surface area contributed by atoms with Gasteiger partial charge in [0.15, 0.2) is 0 Å². The minimum atomic E-state index is -3.42. The lowest BCUT2D eigenvalue weighted by molar-refractivity contribution is 0.595. The number of nitriles is 1. The van der Waals surface area contributed by atoms with Crippen molar-refractivity contribution in [2.75, 3.05) is 6.26 Å². The second-order valence-electron chi connectivity index (χ2n) is 4.08. The summed E-state index contributed by atoms with van der Waals surface area (Å²) in [6.07, 6.45) is 5.61. The second-order valence-corrected chi connectivity index (χ2v) is 6.75. The first kappa shape index (κ1) is 13.8. The summed E-state index contributed by atoms with van der Waals surface area (Å²) in [7, 11) is -3.42. The molecule has 0 unspecified atom stereocenters. The van der Waals surface area contributed by atoms with E-state index in [1.54, 1.807) is 19.2 Å². The third-order valence-corrected chi connectivity index (χ3v) is 4.14. The Morgan fingerprint density at radius 2 is 2.26 bits per heavy atom. The van der Waals surface area contributed by atoms with Crippen LogP contribution in [0.2, 0.25) is 0 Å². The molecule has 0 fully saturated rings. The molecule has 0 saturated heterocycles. The smallest absolute Gasteiger partial charge is 0.236 e. The van der Waals surface area contributed by atoms with Crippen LogP contribution in [0.3, 0.4) is 0 Å². The Balaban J connectivity index is 2.90. The van der Waals surface area contributed by atoms with E-state index in [0.717, 1.165) is 6.26 Å². The normalized spacial score (nSPS) is 12.6. The van der Waals surface area contributed by atoms with Gasteiger partial charge in [0, 0.05) is 29.4 Å². The van der Waals surface area contributed by atoms with Gasteiger partial charge in [0.05, 0.1) is 17.8 Å². The number of nitrogens with zero attached hydrogens (tertiary/aromatic N) is 3. The Bertz CT molecular complexity index is 829. The molecule has 0 atom stereocenters. The fraction of sp³-hybridized carbons (Fsp3) is 0.167. The van der Waals surface area contributed by atoms with Crippen LogP contribution in [0.15, 0.2) is 29.1 Å². The molecule has 0 saturated carbocycles. The SMILES string of the molecule is CC(=CC#N)c1cn(S(C)(=O)=O)c2cc(Br)ncc12. The Morgan fingerprint density at radius 1 is 1.58 bits per heavy atom.